The Kier molecular flexibility index (Phi) is 5.49. The molecule has 34 heavy (non-hydrogen) atoms. The van der Waals surface area contributed by atoms with Gasteiger partial charge in [0, 0.05) is 29.5 Å². The van der Waals surface area contributed by atoms with E-state index in [2.05, 4.69) is 0 Å². The van der Waals surface area contributed by atoms with Crippen LogP contribution in [0.2, 0.25) is 5.02 Å². The lowest BCUT2D eigenvalue weighted by Gasteiger charge is -2.39. The van der Waals surface area contributed by atoms with Gasteiger partial charge in [-0.2, -0.15) is 0 Å². The van der Waals surface area contributed by atoms with E-state index in [-0.39, 0.29) is 6.61 Å². The van der Waals surface area contributed by atoms with Crippen LogP contribution in [0.1, 0.15) is 12.5 Å². The Morgan fingerprint density at radius 3 is 2.47 bits per heavy atom. The number of amides is 3. The number of likely N-dealkylation sites (N-methyl/N-ethyl adjacent to an activating group) is 1. The molecule has 1 fully saturated rings. The highest BCUT2D eigenvalue weighted by molar-refractivity contribution is 6.30. The molecule has 3 aliphatic heterocycles. The summed E-state index contributed by atoms with van der Waals surface area (Å²) in [6.07, 6.45) is 1.13. The largest absolute Gasteiger partial charge is 0.465 e. The van der Waals surface area contributed by atoms with Crippen molar-refractivity contribution in [2.45, 2.75) is 19.1 Å². The molecular formula is C24H22ClN5O4. The number of fused-ring (bicyclic) bond motifs is 3. The van der Waals surface area contributed by atoms with Crippen molar-refractivity contribution in [1.29, 1.82) is 0 Å². The zero-order chi connectivity index (χ0) is 24.0. The number of carbonyl (C=O) groups is 3. The molecule has 0 bridgehead atoms. The van der Waals surface area contributed by atoms with Gasteiger partial charge in [-0.1, -0.05) is 41.9 Å². The SMILES string of the molecule is CCOC(=O)CN1C(=O)C2C(N=C3N(c4ccc(Cl)cc4)C(c4ccccc4)=CN32)N(C)C1=O. The second kappa shape index (κ2) is 8.49. The Labute approximate surface area is 201 Å². The predicted octanol–water partition coefficient (Wildman–Crippen LogP) is 2.98. The lowest BCUT2D eigenvalue weighted by molar-refractivity contribution is -0.150. The lowest BCUT2D eigenvalue weighted by atomic mass is 10.1. The molecular weight excluding hydrogens is 458 g/mol. The Morgan fingerprint density at radius 2 is 1.79 bits per heavy atom. The molecule has 174 valence electrons. The number of imide groups is 1. The minimum atomic E-state index is -0.803. The number of esters is 1. The van der Waals surface area contributed by atoms with Crippen LogP contribution in [-0.4, -0.2) is 71.0 Å². The van der Waals surface area contributed by atoms with Gasteiger partial charge < -0.3 is 9.64 Å². The monoisotopic (exact) mass is 479 g/mol. The minimum Gasteiger partial charge on any atom is -0.465 e. The number of guanidine groups is 1. The van der Waals surface area contributed by atoms with E-state index >= 15 is 0 Å². The number of hydrogen-bond acceptors (Lipinski definition) is 7. The molecule has 5 rings (SSSR count). The molecule has 2 atom stereocenters. The summed E-state index contributed by atoms with van der Waals surface area (Å²) in [4.78, 5) is 49.2. The van der Waals surface area contributed by atoms with Crippen molar-refractivity contribution < 1.29 is 19.1 Å². The molecule has 0 aliphatic carbocycles. The third kappa shape index (κ3) is 3.49. The number of halogens is 1. The maximum absolute atomic E-state index is 13.5. The van der Waals surface area contributed by atoms with Gasteiger partial charge in [-0.05, 0) is 31.2 Å². The van der Waals surface area contributed by atoms with Crippen LogP contribution in [-0.2, 0) is 14.3 Å². The van der Waals surface area contributed by atoms with E-state index < -0.39 is 36.7 Å². The average molecular weight is 480 g/mol. The van der Waals surface area contributed by atoms with Gasteiger partial charge in [-0.3, -0.25) is 24.3 Å². The number of carbonyl (C=O) groups excluding carboxylic acids is 3. The Balaban J connectivity index is 1.56. The van der Waals surface area contributed by atoms with E-state index in [1.54, 1.807) is 31.0 Å². The third-order valence-corrected chi connectivity index (χ3v) is 6.21. The Hall–Kier alpha value is -3.85. The molecule has 2 unspecified atom stereocenters. The van der Waals surface area contributed by atoms with Crippen LogP contribution in [0.4, 0.5) is 10.5 Å². The summed E-state index contributed by atoms with van der Waals surface area (Å²) in [5.74, 6) is -0.622. The first kappa shape index (κ1) is 22.0. The molecule has 3 aliphatic rings. The fourth-order valence-electron chi connectivity index (χ4n) is 4.37. The topological polar surface area (TPSA) is 85.8 Å². The van der Waals surface area contributed by atoms with E-state index in [0.717, 1.165) is 21.8 Å². The van der Waals surface area contributed by atoms with Crippen molar-refractivity contribution in [3.05, 3.63) is 71.4 Å². The number of anilines is 1. The van der Waals surface area contributed by atoms with Gasteiger partial charge in [0.05, 0.1) is 12.3 Å². The summed E-state index contributed by atoms with van der Waals surface area (Å²) in [7, 11) is 1.57. The fourth-order valence-corrected chi connectivity index (χ4v) is 4.50. The van der Waals surface area contributed by atoms with E-state index in [1.165, 1.54) is 4.90 Å². The number of aliphatic imine (C=N–C) groups is 1. The minimum absolute atomic E-state index is 0.162. The van der Waals surface area contributed by atoms with Crippen LogP contribution in [0.25, 0.3) is 5.70 Å². The molecule has 0 radical (unpaired) electrons. The van der Waals surface area contributed by atoms with Gasteiger partial charge in [0.2, 0.25) is 5.96 Å². The molecule has 1 saturated heterocycles. The highest BCUT2D eigenvalue weighted by atomic mass is 35.5. The molecule has 0 aromatic heterocycles. The number of rotatable bonds is 5. The van der Waals surface area contributed by atoms with Crippen LogP contribution >= 0.6 is 11.6 Å². The summed E-state index contributed by atoms with van der Waals surface area (Å²) in [6, 6.07) is 15.7. The number of hydrogen-bond donors (Lipinski definition) is 0. The van der Waals surface area contributed by atoms with E-state index in [4.69, 9.17) is 21.3 Å². The highest BCUT2D eigenvalue weighted by Gasteiger charge is 2.55. The number of nitrogens with zero attached hydrogens (tertiary/aromatic N) is 5. The van der Waals surface area contributed by atoms with Crippen LogP contribution in [0.3, 0.4) is 0 Å². The van der Waals surface area contributed by atoms with Crippen LogP contribution in [0.5, 0.6) is 0 Å². The Bertz CT molecular complexity index is 1210. The average Bonchev–Trinajstić information content (AvgIpc) is 3.38. The highest BCUT2D eigenvalue weighted by Crippen LogP contribution is 2.40. The molecule has 0 spiro atoms. The summed E-state index contributed by atoms with van der Waals surface area (Å²) in [5, 5.41) is 0.599. The maximum atomic E-state index is 13.5. The summed E-state index contributed by atoms with van der Waals surface area (Å²) < 4.78 is 4.96. The molecule has 9 nitrogen and oxygen atoms in total. The van der Waals surface area contributed by atoms with Crippen molar-refractivity contribution in [3.8, 4) is 0 Å². The van der Waals surface area contributed by atoms with Crippen molar-refractivity contribution >= 4 is 46.9 Å². The molecule has 3 amide bonds. The first-order chi connectivity index (χ1) is 16.4. The quantitative estimate of drug-likeness (QED) is 0.613. The van der Waals surface area contributed by atoms with Crippen LogP contribution in [0.15, 0.2) is 65.8 Å². The smallest absolute Gasteiger partial charge is 0.328 e. The first-order valence-corrected chi connectivity index (χ1v) is 11.2. The van der Waals surface area contributed by atoms with Gasteiger partial charge in [-0.25, -0.2) is 9.79 Å². The fraction of sp³-hybridized carbons (Fsp3) is 0.250. The number of benzene rings is 2. The van der Waals surface area contributed by atoms with Crippen molar-refractivity contribution in [2.24, 2.45) is 4.99 Å². The van der Waals surface area contributed by atoms with Gasteiger partial charge in [0.15, 0.2) is 12.2 Å². The normalized spacial score (nSPS) is 21.4. The van der Waals surface area contributed by atoms with E-state index in [1.807, 2.05) is 53.6 Å². The molecule has 0 N–H and O–H groups in total. The van der Waals surface area contributed by atoms with Gasteiger partial charge in [0.1, 0.15) is 6.54 Å². The predicted molar refractivity (Wildman–Crippen MR) is 127 cm³/mol. The zero-order valence-corrected chi connectivity index (χ0v) is 19.3. The Morgan fingerprint density at radius 1 is 1.09 bits per heavy atom. The molecule has 3 heterocycles. The summed E-state index contributed by atoms with van der Waals surface area (Å²) in [5.41, 5.74) is 2.57. The number of urea groups is 1. The molecule has 2 aromatic carbocycles. The van der Waals surface area contributed by atoms with Crippen LogP contribution in [0, 0.1) is 0 Å². The molecule has 2 aromatic rings. The lowest BCUT2D eigenvalue weighted by Crippen LogP contribution is -2.65. The van der Waals surface area contributed by atoms with Crippen molar-refractivity contribution in [1.82, 2.24) is 14.7 Å². The summed E-state index contributed by atoms with van der Waals surface area (Å²) in [6.45, 7) is 1.39. The van der Waals surface area contributed by atoms with Crippen LogP contribution < -0.4 is 4.90 Å². The zero-order valence-electron chi connectivity index (χ0n) is 18.6. The van der Waals surface area contributed by atoms with E-state index in [9.17, 15) is 14.4 Å². The second-order valence-corrected chi connectivity index (χ2v) is 8.45. The summed E-state index contributed by atoms with van der Waals surface area (Å²) >= 11 is 6.11. The van der Waals surface area contributed by atoms with Gasteiger partial charge in [0.25, 0.3) is 5.91 Å². The molecule has 10 heteroatoms. The third-order valence-electron chi connectivity index (χ3n) is 5.96. The maximum Gasteiger partial charge on any atom is 0.328 e. The van der Waals surface area contributed by atoms with E-state index in [0.29, 0.717) is 11.0 Å². The van der Waals surface area contributed by atoms with Gasteiger partial charge in [-0.15, -0.1) is 0 Å². The molecule has 0 saturated carbocycles. The number of ether oxygens (including phenoxy) is 1. The second-order valence-electron chi connectivity index (χ2n) is 8.01. The van der Waals surface area contributed by atoms with Crippen molar-refractivity contribution in [3.63, 3.8) is 0 Å². The van der Waals surface area contributed by atoms with Gasteiger partial charge >= 0.3 is 12.0 Å². The van der Waals surface area contributed by atoms with Crippen molar-refractivity contribution in [2.75, 3.05) is 25.1 Å². The standard InChI is InChI=1S/C24H22ClN5O4/c1-3-34-19(31)14-29-22(32)20-21(27(2)24(29)33)26-23-28(20)13-18(15-7-5-4-6-8-15)30(23)17-11-9-16(25)10-12-17/h4-13,20-21H,3,14H2,1-2H3. The first-order valence-electron chi connectivity index (χ1n) is 10.8.